The van der Waals surface area contributed by atoms with Gasteiger partial charge in [-0.25, -0.2) is 4.79 Å². The molecule has 1 amide bonds. The molecule has 1 aliphatic rings. The van der Waals surface area contributed by atoms with Crippen molar-refractivity contribution in [1.82, 2.24) is 4.90 Å². The van der Waals surface area contributed by atoms with E-state index >= 15 is 0 Å². The summed E-state index contributed by atoms with van der Waals surface area (Å²) in [6.07, 6.45) is 0.924. The van der Waals surface area contributed by atoms with Gasteiger partial charge in [-0.1, -0.05) is 48.2 Å². The average molecular weight is 351 g/mol. The van der Waals surface area contributed by atoms with Crippen LogP contribution in [-0.4, -0.2) is 43.3 Å². The zero-order chi connectivity index (χ0) is 17.1. The third-order valence-electron chi connectivity index (χ3n) is 3.26. The van der Waals surface area contributed by atoms with Gasteiger partial charge in [0.05, 0.1) is 11.3 Å². The lowest BCUT2D eigenvalue weighted by Gasteiger charge is -2.21. The smallest absolute Gasteiger partial charge is 0.327 e. The molecule has 1 atom stereocenters. The second-order valence-corrected chi connectivity index (χ2v) is 6.54. The average Bonchev–Trinajstić information content (AvgIpc) is 2.73. The number of rotatable bonds is 5. The first-order valence-electron chi connectivity index (χ1n) is 6.58. The van der Waals surface area contributed by atoms with E-state index in [2.05, 4.69) is 0 Å². The van der Waals surface area contributed by atoms with E-state index in [-0.39, 0.29) is 9.23 Å². The van der Waals surface area contributed by atoms with Gasteiger partial charge in [-0.05, 0) is 24.1 Å². The number of hydrogen-bond donors (Lipinski definition) is 2. The predicted molar refractivity (Wildman–Crippen MR) is 89.9 cm³/mol. The Morgan fingerprint density at radius 3 is 2.57 bits per heavy atom. The van der Waals surface area contributed by atoms with Gasteiger partial charge in [-0.2, -0.15) is 0 Å². The van der Waals surface area contributed by atoms with E-state index in [1.54, 1.807) is 6.08 Å². The largest absolute Gasteiger partial charge is 0.481 e. The van der Waals surface area contributed by atoms with Crippen LogP contribution in [0.4, 0.5) is 0 Å². The maximum Gasteiger partial charge on any atom is 0.327 e. The lowest BCUT2D eigenvalue weighted by Crippen LogP contribution is -2.45. The Kier molecular flexibility index (Phi) is 5.17. The maximum absolute atomic E-state index is 12.5. The van der Waals surface area contributed by atoms with Crippen molar-refractivity contribution in [3.05, 3.63) is 40.3 Å². The van der Waals surface area contributed by atoms with Gasteiger partial charge in [0.15, 0.2) is 0 Å². The molecule has 120 valence electrons. The zero-order valence-corrected chi connectivity index (χ0v) is 13.7. The Balaban J connectivity index is 2.34. The van der Waals surface area contributed by atoms with E-state index in [0.717, 1.165) is 27.8 Å². The summed E-state index contributed by atoms with van der Waals surface area (Å²) in [6, 6.07) is 5.89. The first kappa shape index (κ1) is 17.2. The molecule has 0 spiro atoms. The highest BCUT2D eigenvalue weighted by Crippen LogP contribution is 2.35. The molecular formula is C15H13NO5S2. The van der Waals surface area contributed by atoms with Gasteiger partial charge in [0.1, 0.15) is 10.4 Å². The van der Waals surface area contributed by atoms with E-state index in [0.29, 0.717) is 0 Å². The molecule has 1 aliphatic heterocycles. The number of carbonyl (C=O) groups excluding carboxylic acids is 1. The molecule has 1 saturated heterocycles. The zero-order valence-electron chi connectivity index (χ0n) is 12.1. The minimum atomic E-state index is -1.51. The fourth-order valence-electron chi connectivity index (χ4n) is 2.09. The highest BCUT2D eigenvalue weighted by Gasteiger charge is 2.41. The number of carboxylic acids is 2. The number of benzene rings is 1. The number of thioether (sulfide) groups is 1. The number of aryl methyl sites for hydroxylation is 1. The van der Waals surface area contributed by atoms with E-state index in [1.165, 1.54) is 0 Å². The van der Waals surface area contributed by atoms with Crippen LogP contribution in [0.25, 0.3) is 6.08 Å². The van der Waals surface area contributed by atoms with Crippen molar-refractivity contribution in [2.24, 2.45) is 0 Å². The SMILES string of the molecule is Cc1ccccc1C=C1SC(=S)N(C(CC(=O)O)C(=O)O)C1=O. The molecule has 0 saturated carbocycles. The van der Waals surface area contributed by atoms with Crippen LogP contribution in [0.5, 0.6) is 0 Å². The van der Waals surface area contributed by atoms with Crippen molar-refractivity contribution in [2.75, 3.05) is 0 Å². The fraction of sp³-hybridized carbons (Fsp3) is 0.200. The quantitative estimate of drug-likeness (QED) is 0.620. The van der Waals surface area contributed by atoms with Crippen LogP contribution in [0.15, 0.2) is 29.2 Å². The van der Waals surface area contributed by atoms with E-state index in [4.69, 9.17) is 17.3 Å². The number of carbonyl (C=O) groups is 3. The number of thiocarbonyl (C=S) groups is 1. The van der Waals surface area contributed by atoms with Crippen LogP contribution in [0.2, 0.25) is 0 Å². The summed E-state index contributed by atoms with van der Waals surface area (Å²) in [5.74, 6) is -3.30. The molecule has 0 aliphatic carbocycles. The summed E-state index contributed by atoms with van der Waals surface area (Å²) in [5, 5.41) is 18.0. The summed E-state index contributed by atoms with van der Waals surface area (Å²) in [7, 11) is 0. The highest BCUT2D eigenvalue weighted by molar-refractivity contribution is 8.26. The number of hydrogen-bond acceptors (Lipinski definition) is 5. The first-order chi connectivity index (χ1) is 10.8. The molecule has 1 aromatic carbocycles. The van der Waals surface area contributed by atoms with Gasteiger partial charge >= 0.3 is 11.9 Å². The standard InChI is InChI=1S/C15H13NO5S2/c1-8-4-2-3-5-9(8)6-11-13(19)16(15(22)23-11)10(14(20)21)7-12(17)18/h2-6,10H,7H2,1H3,(H,17,18)(H,20,21). The van der Waals surface area contributed by atoms with Gasteiger partial charge in [0.25, 0.3) is 5.91 Å². The molecule has 0 radical (unpaired) electrons. The van der Waals surface area contributed by atoms with Gasteiger partial charge < -0.3 is 10.2 Å². The van der Waals surface area contributed by atoms with Crippen LogP contribution in [0, 0.1) is 6.92 Å². The van der Waals surface area contributed by atoms with Crippen molar-refractivity contribution < 1.29 is 24.6 Å². The number of aliphatic carboxylic acids is 2. The van der Waals surface area contributed by atoms with E-state index in [1.807, 2.05) is 31.2 Å². The van der Waals surface area contributed by atoms with Gasteiger partial charge in [0.2, 0.25) is 0 Å². The topological polar surface area (TPSA) is 94.9 Å². The molecule has 1 unspecified atom stereocenters. The Hall–Kier alpha value is -2.19. The summed E-state index contributed by atoms with van der Waals surface area (Å²) in [5.41, 5.74) is 1.77. The molecule has 0 bridgehead atoms. The van der Waals surface area contributed by atoms with Crippen LogP contribution < -0.4 is 0 Å². The third kappa shape index (κ3) is 3.77. The van der Waals surface area contributed by atoms with Crippen LogP contribution in [-0.2, 0) is 14.4 Å². The maximum atomic E-state index is 12.5. The normalized spacial score (nSPS) is 17.6. The minimum absolute atomic E-state index is 0.0449. The Morgan fingerprint density at radius 2 is 2.00 bits per heavy atom. The minimum Gasteiger partial charge on any atom is -0.481 e. The van der Waals surface area contributed by atoms with Crippen molar-refractivity contribution in [3.63, 3.8) is 0 Å². The summed E-state index contributed by atoms with van der Waals surface area (Å²) < 4.78 is 0.0449. The molecule has 1 heterocycles. The van der Waals surface area contributed by atoms with Crippen LogP contribution in [0.1, 0.15) is 17.5 Å². The molecule has 1 fully saturated rings. The molecule has 0 aromatic heterocycles. The Morgan fingerprint density at radius 1 is 1.35 bits per heavy atom. The Bertz CT molecular complexity index is 728. The van der Waals surface area contributed by atoms with Gasteiger partial charge in [-0.15, -0.1) is 0 Å². The first-order valence-corrected chi connectivity index (χ1v) is 7.81. The van der Waals surface area contributed by atoms with Crippen molar-refractivity contribution in [1.29, 1.82) is 0 Å². The van der Waals surface area contributed by atoms with Crippen LogP contribution in [0.3, 0.4) is 0 Å². The second-order valence-electron chi connectivity index (χ2n) is 4.86. The summed E-state index contributed by atoms with van der Waals surface area (Å²) in [6.45, 7) is 1.89. The summed E-state index contributed by atoms with van der Waals surface area (Å²) in [4.78, 5) is 35.7. The summed E-state index contributed by atoms with van der Waals surface area (Å²) >= 11 is 6.03. The molecule has 23 heavy (non-hydrogen) atoms. The predicted octanol–water partition coefficient (Wildman–Crippen LogP) is 2.12. The molecule has 8 heteroatoms. The van der Waals surface area contributed by atoms with Crippen molar-refractivity contribution in [3.8, 4) is 0 Å². The number of carboxylic acid groups (broad SMARTS) is 2. The number of nitrogens with zero attached hydrogens (tertiary/aromatic N) is 1. The molecule has 1 aromatic rings. The molecule has 2 rings (SSSR count). The Labute approximate surface area is 141 Å². The number of amides is 1. The van der Waals surface area contributed by atoms with Crippen LogP contribution >= 0.6 is 24.0 Å². The van der Waals surface area contributed by atoms with Crippen molar-refractivity contribution in [2.45, 2.75) is 19.4 Å². The highest BCUT2D eigenvalue weighted by atomic mass is 32.2. The molecular weight excluding hydrogens is 338 g/mol. The van der Waals surface area contributed by atoms with E-state index in [9.17, 15) is 19.5 Å². The van der Waals surface area contributed by atoms with E-state index < -0.39 is 30.3 Å². The fourth-order valence-corrected chi connectivity index (χ4v) is 3.44. The molecule has 2 N–H and O–H groups in total. The second kappa shape index (κ2) is 6.93. The monoisotopic (exact) mass is 351 g/mol. The molecule has 6 nitrogen and oxygen atoms in total. The lowest BCUT2D eigenvalue weighted by molar-refractivity contribution is -0.150. The third-order valence-corrected chi connectivity index (χ3v) is 4.59. The van der Waals surface area contributed by atoms with Gasteiger partial charge in [0, 0.05) is 0 Å². The van der Waals surface area contributed by atoms with Gasteiger partial charge in [-0.3, -0.25) is 14.5 Å². The lowest BCUT2D eigenvalue weighted by atomic mass is 10.1. The van der Waals surface area contributed by atoms with Crippen molar-refractivity contribution >= 4 is 52.2 Å².